The highest BCUT2D eigenvalue weighted by atomic mass is 16.5. The minimum atomic E-state index is -0.831. The molecular formula is C18H23N3O3. The van der Waals surface area contributed by atoms with Gasteiger partial charge in [0.15, 0.2) is 0 Å². The van der Waals surface area contributed by atoms with Gasteiger partial charge in [0, 0.05) is 31.6 Å². The fraction of sp³-hybridized carbons (Fsp3) is 0.611. The van der Waals surface area contributed by atoms with E-state index < -0.39 is 5.60 Å². The number of H-pyrrole nitrogens is 1. The van der Waals surface area contributed by atoms with Crippen LogP contribution in [0.15, 0.2) is 17.2 Å². The molecule has 1 aliphatic carbocycles. The van der Waals surface area contributed by atoms with Crippen LogP contribution in [0.2, 0.25) is 0 Å². The van der Waals surface area contributed by atoms with E-state index in [1.807, 2.05) is 13.0 Å². The number of nitrogens with zero attached hydrogens (tertiary/aromatic N) is 2. The van der Waals surface area contributed by atoms with Crippen LogP contribution in [0, 0.1) is 23.2 Å². The summed E-state index contributed by atoms with van der Waals surface area (Å²) in [5.41, 5.74) is -0.558. The number of nitrogens with one attached hydrogen (secondary N) is 1. The molecule has 6 heteroatoms. The predicted octanol–water partition coefficient (Wildman–Crippen LogP) is 1.97. The Morgan fingerprint density at radius 2 is 2.17 bits per heavy atom. The number of aromatic nitrogens is 1. The van der Waals surface area contributed by atoms with Crippen LogP contribution in [0.4, 0.5) is 0 Å². The molecule has 3 atom stereocenters. The molecule has 2 heterocycles. The summed E-state index contributed by atoms with van der Waals surface area (Å²) in [4.78, 5) is 30.4. The van der Waals surface area contributed by atoms with Crippen molar-refractivity contribution in [3.8, 4) is 6.07 Å². The van der Waals surface area contributed by atoms with Crippen LogP contribution < -0.4 is 5.43 Å². The van der Waals surface area contributed by atoms with Gasteiger partial charge in [-0.05, 0) is 38.0 Å². The van der Waals surface area contributed by atoms with Gasteiger partial charge in [0.05, 0.1) is 6.04 Å². The molecule has 1 unspecified atom stereocenters. The highest BCUT2D eigenvalue weighted by molar-refractivity contribution is 5.86. The average Bonchev–Trinajstić information content (AvgIpc) is 3.37. The van der Waals surface area contributed by atoms with Gasteiger partial charge in [0.2, 0.25) is 5.43 Å². The topological polar surface area (TPSA) is 86.2 Å². The van der Waals surface area contributed by atoms with Crippen molar-refractivity contribution in [3.63, 3.8) is 0 Å². The largest absolute Gasteiger partial charge is 0.368 e. The average molecular weight is 329 g/mol. The number of hydrogen-bond acceptors (Lipinski definition) is 4. The van der Waals surface area contributed by atoms with Crippen molar-refractivity contribution in [2.75, 3.05) is 13.7 Å². The maximum Gasteiger partial charge on any atom is 0.255 e. The molecule has 0 spiro atoms. The fourth-order valence-electron chi connectivity index (χ4n) is 3.75. The molecule has 24 heavy (non-hydrogen) atoms. The highest BCUT2D eigenvalue weighted by Gasteiger charge is 2.52. The number of nitriles is 1. The smallest absolute Gasteiger partial charge is 0.255 e. The maximum absolute atomic E-state index is 13.2. The normalized spacial score (nSPS) is 26.0. The van der Waals surface area contributed by atoms with Crippen molar-refractivity contribution >= 4 is 5.91 Å². The Hall–Kier alpha value is -2.13. The van der Waals surface area contributed by atoms with Gasteiger partial charge in [-0.25, -0.2) is 0 Å². The molecule has 128 valence electrons. The van der Waals surface area contributed by atoms with Gasteiger partial charge in [-0.3, -0.25) is 9.59 Å². The Bertz CT molecular complexity index is 747. The second-order valence-electron chi connectivity index (χ2n) is 7.16. The van der Waals surface area contributed by atoms with Crippen LogP contribution in [-0.2, 0) is 9.53 Å². The SMILES string of the molecule is COC(C)(C(=O)N1C[C@H](C)C[C@H]1c1c[nH]cc(C#N)c1=O)C1CC1. The summed E-state index contributed by atoms with van der Waals surface area (Å²) >= 11 is 0. The number of hydrogen-bond donors (Lipinski definition) is 1. The molecule has 1 amide bonds. The lowest BCUT2D eigenvalue weighted by Crippen LogP contribution is -2.50. The molecule has 1 N–H and O–H groups in total. The number of likely N-dealkylation sites (tertiary alicyclic amines) is 1. The lowest BCUT2D eigenvalue weighted by Gasteiger charge is -2.34. The van der Waals surface area contributed by atoms with Crippen LogP contribution in [0.1, 0.15) is 50.3 Å². The highest BCUT2D eigenvalue weighted by Crippen LogP contribution is 2.45. The number of pyridine rings is 1. The first-order valence-corrected chi connectivity index (χ1v) is 8.39. The number of amides is 1. The van der Waals surface area contributed by atoms with Crippen molar-refractivity contribution in [2.24, 2.45) is 11.8 Å². The first kappa shape index (κ1) is 16.7. The zero-order valence-corrected chi connectivity index (χ0v) is 14.3. The molecule has 1 saturated heterocycles. The van der Waals surface area contributed by atoms with E-state index in [4.69, 9.17) is 10.00 Å². The fourth-order valence-corrected chi connectivity index (χ4v) is 3.75. The van der Waals surface area contributed by atoms with E-state index >= 15 is 0 Å². The van der Waals surface area contributed by atoms with Crippen molar-refractivity contribution in [1.29, 1.82) is 5.26 Å². The molecule has 1 aromatic heterocycles. The van der Waals surface area contributed by atoms with Crippen LogP contribution in [-0.4, -0.2) is 35.0 Å². The van der Waals surface area contributed by atoms with Crippen LogP contribution in [0.5, 0.6) is 0 Å². The Morgan fingerprint density at radius 3 is 2.75 bits per heavy atom. The third kappa shape index (κ3) is 2.63. The summed E-state index contributed by atoms with van der Waals surface area (Å²) < 4.78 is 5.60. The van der Waals surface area contributed by atoms with Gasteiger partial charge >= 0.3 is 0 Å². The number of ether oxygens (including phenoxy) is 1. The van der Waals surface area contributed by atoms with Gasteiger partial charge in [0.1, 0.15) is 17.2 Å². The molecule has 0 aromatic carbocycles. The van der Waals surface area contributed by atoms with Crippen molar-refractivity contribution in [3.05, 3.63) is 33.7 Å². The first-order valence-electron chi connectivity index (χ1n) is 8.39. The number of carbonyl (C=O) groups is 1. The molecule has 1 aromatic rings. The molecule has 1 saturated carbocycles. The molecule has 0 radical (unpaired) electrons. The molecule has 1 aliphatic heterocycles. The molecule has 2 aliphatic rings. The van der Waals surface area contributed by atoms with E-state index in [2.05, 4.69) is 11.9 Å². The second-order valence-corrected chi connectivity index (χ2v) is 7.16. The van der Waals surface area contributed by atoms with Gasteiger partial charge in [-0.2, -0.15) is 5.26 Å². The van der Waals surface area contributed by atoms with Crippen LogP contribution >= 0.6 is 0 Å². The second kappa shape index (κ2) is 6.06. The zero-order valence-electron chi connectivity index (χ0n) is 14.3. The van der Waals surface area contributed by atoms with Gasteiger partial charge in [0.25, 0.3) is 5.91 Å². The Kier molecular flexibility index (Phi) is 4.22. The molecule has 3 rings (SSSR count). The number of rotatable bonds is 4. The lowest BCUT2D eigenvalue weighted by molar-refractivity contribution is -0.156. The lowest BCUT2D eigenvalue weighted by atomic mass is 9.96. The molecule has 0 bridgehead atoms. The minimum absolute atomic E-state index is 0.0522. The summed E-state index contributed by atoms with van der Waals surface area (Å²) in [5, 5.41) is 9.09. The predicted molar refractivity (Wildman–Crippen MR) is 88.2 cm³/mol. The first-order chi connectivity index (χ1) is 11.4. The van der Waals surface area contributed by atoms with Crippen molar-refractivity contribution in [2.45, 2.75) is 44.8 Å². The van der Waals surface area contributed by atoms with E-state index in [0.717, 1.165) is 12.8 Å². The van der Waals surface area contributed by atoms with Gasteiger partial charge in [-0.1, -0.05) is 6.92 Å². The number of methoxy groups -OCH3 is 1. The maximum atomic E-state index is 13.2. The molecule has 6 nitrogen and oxygen atoms in total. The Balaban J connectivity index is 1.97. The summed E-state index contributed by atoms with van der Waals surface area (Å²) in [6.45, 7) is 4.53. The summed E-state index contributed by atoms with van der Waals surface area (Å²) in [7, 11) is 1.58. The van der Waals surface area contributed by atoms with E-state index in [1.54, 1.807) is 18.2 Å². The Labute approximate surface area is 141 Å². The quantitative estimate of drug-likeness (QED) is 0.915. The van der Waals surface area contributed by atoms with E-state index in [1.165, 1.54) is 6.20 Å². The third-order valence-electron chi connectivity index (χ3n) is 5.43. The zero-order chi connectivity index (χ0) is 17.5. The summed E-state index contributed by atoms with van der Waals surface area (Å²) in [6.07, 6.45) is 5.73. The van der Waals surface area contributed by atoms with E-state index in [-0.39, 0.29) is 28.9 Å². The van der Waals surface area contributed by atoms with Crippen molar-refractivity contribution < 1.29 is 9.53 Å². The summed E-state index contributed by atoms with van der Waals surface area (Å²) in [6, 6.07) is 1.60. The van der Waals surface area contributed by atoms with Crippen LogP contribution in [0.25, 0.3) is 0 Å². The summed E-state index contributed by atoms with van der Waals surface area (Å²) in [5.74, 6) is 0.489. The number of aromatic amines is 1. The van der Waals surface area contributed by atoms with Gasteiger partial charge in [-0.15, -0.1) is 0 Å². The van der Waals surface area contributed by atoms with Gasteiger partial charge < -0.3 is 14.6 Å². The van der Waals surface area contributed by atoms with E-state index in [0.29, 0.717) is 24.4 Å². The van der Waals surface area contributed by atoms with E-state index in [9.17, 15) is 9.59 Å². The van der Waals surface area contributed by atoms with Crippen LogP contribution in [0.3, 0.4) is 0 Å². The molecule has 2 fully saturated rings. The Morgan fingerprint density at radius 1 is 1.46 bits per heavy atom. The number of carbonyl (C=O) groups excluding carboxylic acids is 1. The molecular weight excluding hydrogens is 306 g/mol. The minimum Gasteiger partial charge on any atom is -0.368 e. The third-order valence-corrected chi connectivity index (χ3v) is 5.43. The monoisotopic (exact) mass is 329 g/mol. The standard InChI is InChI=1S/C18H23N3O3/c1-11-6-15(14-9-20-8-12(7-19)16(14)22)21(10-11)17(23)18(2,24-3)13-4-5-13/h8-9,11,13,15H,4-6,10H2,1-3H3,(H,20,22)/t11-,15+,18?/m1/s1. The van der Waals surface area contributed by atoms with Crippen molar-refractivity contribution in [1.82, 2.24) is 9.88 Å².